The zero-order chi connectivity index (χ0) is 46.8. The lowest BCUT2D eigenvalue weighted by molar-refractivity contribution is -0.301. The maximum absolute atomic E-state index is 12.9. The number of carbonyl (C=O) groups is 1. The highest BCUT2D eigenvalue weighted by Crippen LogP contribution is 2.26. The van der Waals surface area contributed by atoms with Gasteiger partial charge < -0.3 is 34.3 Å². The first kappa shape index (κ1) is 59.8. The number of carbonyl (C=O) groups excluding carboxylic acids is 1. The number of ether oxygens (including phenoxy) is 4. The topological polar surface area (TPSA) is 178 Å². The van der Waals surface area contributed by atoms with E-state index in [2.05, 4.69) is 78.8 Å². The van der Waals surface area contributed by atoms with Crippen LogP contribution in [0.4, 0.5) is 0 Å². The van der Waals surface area contributed by atoms with Gasteiger partial charge in [-0.3, -0.25) is 9.35 Å². The summed E-state index contributed by atoms with van der Waals surface area (Å²) in [4.78, 5) is 12.9. The quantitative estimate of drug-likeness (QED) is 0.0197. The number of allylic oxidation sites excluding steroid dienone is 10. The van der Waals surface area contributed by atoms with Crippen molar-refractivity contribution in [1.29, 1.82) is 0 Å². The minimum absolute atomic E-state index is 0.0185. The van der Waals surface area contributed by atoms with Crippen LogP contribution in [-0.2, 0) is 38.3 Å². The Balaban J connectivity index is 2.40. The van der Waals surface area contributed by atoms with Crippen LogP contribution < -0.4 is 0 Å². The molecule has 1 rings (SSSR count). The molecule has 6 atom stereocenters. The zero-order valence-electron chi connectivity index (χ0n) is 39.8. The van der Waals surface area contributed by atoms with E-state index in [4.69, 9.17) is 18.9 Å². The van der Waals surface area contributed by atoms with Crippen LogP contribution in [0.5, 0.6) is 0 Å². The van der Waals surface area contributed by atoms with Crippen molar-refractivity contribution in [3.05, 3.63) is 60.8 Å². The summed E-state index contributed by atoms with van der Waals surface area (Å²) in [7, 11) is -5.07. The van der Waals surface area contributed by atoms with Crippen molar-refractivity contribution in [2.75, 3.05) is 26.4 Å². The van der Waals surface area contributed by atoms with E-state index in [1.165, 1.54) is 83.5 Å². The van der Waals surface area contributed by atoms with Gasteiger partial charge in [-0.15, -0.1) is 0 Å². The summed E-state index contributed by atoms with van der Waals surface area (Å²) in [6, 6.07) is 0. The van der Waals surface area contributed by atoms with Gasteiger partial charge in [-0.05, 0) is 57.8 Å². The first-order chi connectivity index (χ1) is 31.1. The van der Waals surface area contributed by atoms with E-state index in [0.29, 0.717) is 13.0 Å². The fraction of sp³-hybridized carbons (Fsp3) is 0.784. The van der Waals surface area contributed by atoms with Crippen molar-refractivity contribution >= 4 is 16.4 Å². The van der Waals surface area contributed by atoms with Crippen molar-refractivity contribution in [2.24, 2.45) is 0 Å². The molecule has 0 aliphatic carbocycles. The van der Waals surface area contributed by atoms with Crippen LogP contribution in [0.2, 0.25) is 0 Å². The molecule has 0 aromatic rings. The summed E-state index contributed by atoms with van der Waals surface area (Å²) in [6.45, 7) is 3.83. The minimum Gasteiger partial charge on any atom is -0.457 e. The number of hydrogen-bond donors (Lipinski definition) is 4. The maximum atomic E-state index is 12.9. The maximum Gasteiger partial charge on any atom is 0.397 e. The average molecular weight is 927 g/mol. The normalized spacial score (nSPS) is 20.2. The summed E-state index contributed by atoms with van der Waals surface area (Å²) < 4.78 is 59.2. The predicted octanol–water partition coefficient (Wildman–Crippen LogP) is 11.3. The highest BCUT2D eigenvalue weighted by molar-refractivity contribution is 7.80. The lowest BCUT2D eigenvalue weighted by atomic mass is 9.99. The Morgan fingerprint density at radius 1 is 0.609 bits per heavy atom. The molecule has 0 saturated carbocycles. The van der Waals surface area contributed by atoms with Gasteiger partial charge in [0.05, 0.1) is 19.8 Å². The molecule has 0 radical (unpaired) electrons. The second-order valence-corrected chi connectivity index (χ2v) is 18.1. The smallest absolute Gasteiger partial charge is 0.397 e. The number of rotatable bonds is 43. The first-order valence-corrected chi connectivity index (χ1v) is 26.4. The van der Waals surface area contributed by atoms with Gasteiger partial charge in [0.2, 0.25) is 0 Å². The zero-order valence-corrected chi connectivity index (χ0v) is 40.6. The van der Waals surface area contributed by atoms with E-state index in [1.54, 1.807) is 0 Å². The van der Waals surface area contributed by atoms with Crippen LogP contribution in [0.25, 0.3) is 0 Å². The first-order valence-electron chi connectivity index (χ1n) is 25.0. The molecule has 1 aliphatic rings. The van der Waals surface area contributed by atoms with Gasteiger partial charge in [0, 0.05) is 13.0 Å². The van der Waals surface area contributed by atoms with Gasteiger partial charge in [0.15, 0.2) is 6.29 Å². The van der Waals surface area contributed by atoms with Gasteiger partial charge in [-0.25, -0.2) is 4.18 Å². The molecule has 372 valence electrons. The van der Waals surface area contributed by atoms with Crippen molar-refractivity contribution in [3.8, 4) is 0 Å². The van der Waals surface area contributed by atoms with E-state index >= 15 is 0 Å². The molecule has 12 nitrogen and oxygen atoms in total. The third-order valence-corrected chi connectivity index (χ3v) is 11.6. The summed E-state index contributed by atoms with van der Waals surface area (Å²) in [6.07, 6.45) is 43.9. The number of aliphatic hydroxyl groups is 3. The van der Waals surface area contributed by atoms with E-state index in [9.17, 15) is 33.1 Å². The number of unbranched alkanes of at least 4 members (excludes halogenated alkanes) is 20. The monoisotopic (exact) mass is 927 g/mol. The molecular weight excluding hydrogens is 837 g/mol. The number of aliphatic hydroxyl groups excluding tert-OH is 3. The summed E-state index contributed by atoms with van der Waals surface area (Å²) in [5.41, 5.74) is 0. The van der Waals surface area contributed by atoms with Gasteiger partial charge in [-0.2, -0.15) is 8.42 Å². The molecule has 64 heavy (non-hydrogen) atoms. The van der Waals surface area contributed by atoms with Gasteiger partial charge in [-0.1, -0.05) is 190 Å². The fourth-order valence-electron chi connectivity index (χ4n) is 7.41. The van der Waals surface area contributed by atoms with Crippen LogP contribution >= 0.6 is 0 Å². The second kappa shape index (κ2) is 42.2. The van der Waals surface area contributed by atoms with E-state index < -0.39 is 59.8 Å². The fourth-order valence-corrected chi connectivity index (χ4v) is 7.91. The van der Waals surface area contributed by atoms with E-state index in [-0.39, 0.29) is 19.6 Å². The average Bonchev–Trinajstić information content (AvgIpc) is 3.27. The third-order valence-electron chi connectivity index (χ3n) is 11.2. The number of esters is 1. The standard InChI is InChI=1S/C51H90O12S/c1-3-5-7-9-11-13-15-17-19-21-22-23-25-27-29-31-33-35-37-39-41-59-43-45(44-60-51-49(55)50(63-64(56,57)58)48(54)46(42-52)62-51)61-47(53)40-38-36-34-32-30-28-26-24-20-18-16-14-12-10-8-6-4-2/h5,7,11,13,17,19,22-23,27,29,45-46,48-52,54-55H,3-4,6,8-10,12,14-16,18,20-21,24-26,28,30-44H2,1-2H3,(H,56,57,58)/b7-5-,13-11-,19-17-,23-22-,29-27-. The van der Waals surface area contributed by atoms with Crippen LogP contribution in [0.3, 0.4) is 0 Å². The molecule has 1 saturated heterocycles. The Labute approximate surface area is 388 Å². The molecular formula is C51H90O12S. The SMILES string of the molecule is CC/C=C\C/C=C\C/C=C\C/C=C\C/C=C\CCCCCCOCC(COC1OC(CO)C(O)C(OS(=O)(=O)O)C1O)OC(=O)CCCCCCCCCCCCCCCCCCC. The summed E-state index contributed by atoms with van der Waals surface area (Å²) >= 11 is 0. The largest absolute Gasteiger partial charge is 0.457 e. The Morgan fingerprint density at radius 3 is 1.58 bits per heavy atom. The molecule has 0 amide bonds. The lowest BCUT2D eigenvalue weighted by Gasteiger charge is -2.41. The number of hydrogen-bond acceptors (Lipinski definition) is 11. The Kier molecular flexibility index (Phi) is 39.4. The Morgan fingerprint density at radius 2 is 1.08 bits per heavy atom. The third kappa shape index (κ3) is 35.1. The molecule has 0 aromatic carbocycles. The van der Waals surface area contributed by atoms with Crippen molar-refractivity contribution < 1.29 is 56.2 Å². The molecule has 0 aromatic heterocycles. The molecule has 0 spiro atoms. The van der Waals surface area contributed by atoms with Crippen molar-refractivity contribution in [2.45, 2.75) is 230 Å². The molecule has 6 unspecified atom stereocenters. The second-order valence-electron chi connectivity index (χ2n) is 17.0. The molecule has 1 aliphatic heterocycles. The van der Waals surface area contributed by atoms with Crippen LogP contribution in [0.15, 0.2) is 60.8 Å². The van der Waals surface area contributed by atoms with Gasteiger partial charge in [0.25, 0.3) is 0 Å². The van der Waals surface area contributed by atoms with Crippen LogP contribution in [-0.4, -0.2) is 97.5 Å². The van der Waals surface area contributed by atoms with Crippen LogP contribution in [0, 0.1) is 0 Å². The molecule has 0 bridgehead atoms. The van der Waals surface area contributed by atoms with Gasteiger partial charge >= 0.3 is 16.4 Å². The lowest BCUT2D eigenvalue weighted by Crippen LogP contribution is -2.60. The predicted molar refractivity (Wildman–Crippen MR) is 257 cm³/mol. The molecule has 4 N–H and O–H groups in total. The van der Waals surface area contributed by atoms with E-state index in [1.807, 2.05) is 0 Å². The summed E-state index contributed by atoms with van der Waals surface area (Å²) in [5.74, 6) is -0.408. The highest BCUT2D eigenvalue weighted by atomic mass is 32.3. The van der Waals surface area contributed by atoms with Crippen LogP contribution in [0.1, 0.15) is 194 Å². The molecule has 1 heterocycles. The Bertz CT molecular complexity index is 1350. The van der Waals surface area contributed by atoms with Crippen molar-refractivity contribution in [3.63, 3.8) is 0 Å². The van der Waals surface area contributed by atoms with E-state index in [0.717, 1.165) is 83.5 Å². The summed E-state index contributed by atoms with van der Waals surface area (Å²) in [5, 5.41) is 30.7. The highest BCUT2D eigenvalue weighted by Gasteiger charge is 2.48. The minimum atomic E-state index is -5.07. The molecule has 1 fully saturated rings. The molecule has 13 heteroatoms. The Hall–Kier alpha value is -2.20. The van der Waals surface area contributed by atoms with Crippen molar-refractivity contribution in [1.82, 2.24) is 0 Å². The van der Waals surface area contributed by atoms with Gasteiger partial charge in [0.1, 0.15) is 30.5 Å².